The zero-order valence-electron chi connectivity index (χ0n) is 65.9. The monoisotopic (exact) mass is 1510 g/mol. The number of rotatable bonds is 78. The largest absolute Gasteiger partial charge is 0.472 e. The average molecular weight is 1510 g/mol. The van der Waals surface area contributed by atoms with Crippen LogP contribution >= 0.6 is 15.6 Å². The highest BCUT2D eigenvalue weighted by Gasteiger charge is 2.30. The van der Waals surface area contributed by atoms with E-state index in [1.54, 1.807) is 0 Å². The summed E-state index contributed by atoms with van der Waals surface area (Å²) in [7, 11) is -9.97. The van der Waals surface area contributed by atoms with E-state index in [1.165, 1.54) is 141 Å². The third-order valence-corrected chi connectivity index (χ3v) is 19.4. The minimum atomic E-state index is -4.99. The quantitative estimate of drug-likeness (QED) is 0.0169. The van der Waals surface area contributed by atoms with Crippen LogP contribution in [0.15, 0.2) is 97.2 Å². The van der Waals surface area contributed by atoms with Gasteiger partial charge in [0.25, 0.3) is 0 Å². The van der Waals surface area contributed by atoms with Gasteiger partial charge in [-0.2, -0.15) is 0 Å². The summed E-state index contributed by atoms with van der Waals surface area (Å²) in [5.74, 6) is -2.26. The van der Waals surface area contributed by atoms with Gasteiger partial charge < -0.3 is 33.8 Å². The van der Waals surface area contributed by atoms with E-state index in [2.05, 4.69) is 113 Å². The van der Waals surface area contributed by atoms with E-state index in [9.17, 15) is 43.2 Å². The minimum absolute atomic E-state index is 0.0382. The number of unbranched alkanes of at least 4 members (excludes halogenated alkanes) is 36. The van der Waals surface area contributed by atoms with Crippen molar-refractivity contribution in [1.82, 2.24) is 0 Å². The number of hydrogen-bond acceptors (Lipinski definition) is 15. The lowest BCUT2D eigenvalue weighted by Gasteiger charge is -2.21. The van der Waals surface area contributed by atoms with Crippen LogP contribution in [0.25, 0.3) is 0 Å². The van der Waals surface area contributed by atoms with Crippen molar-refractivity contribution in [3.63, 3.8) is 0 Å². The molecule has 0 saturated heterocycles. The number of hydrogen-bond donors (Lipinski definition) is 3. The first kappa shape index (κ1) is 100.0. The molecule has 0 heterocycles. The lowest BCUT2D eigenvalue weighted by Crippen LogP contribution is -2.30. The van der Waals surface area contributed by atoms with Crippen LogP contribution in [0.2, 0.25) is 0 Å². The number of carbonyl (C=O) groups excluding carboxylic acids is 4. The van der Waals surface area contributed by atoms with Gasteiger partial charge in [0.2, 0.25) is 0 Å². The van der Waals surface area contributed by atoms with E-state index in [0.717, 1.165) is 135 Å². The van der Waals surface area contributed by atoms with Gasteiger partial charge in [0, 0.05) is 25.7 Å². The zero-order valence-corrected chi connectivity index (χ0v) is 67.7. The van der Waals surface area contributed by atoms with Gasteiger partial charge in [-0.05, 0) is 116 Å². The molecule has 17 nitrogen and oxygen atoms in total. The van der Waals surface area contributed by atoms with E-state index in [4.69, 9.17) is 37.0 Å². The maximum atomic E-state index is 13.1. The normalized spacial score (nSPS) is 14.3. The molecule has 0 radical (unpaired) electrons. The Labute approximate surface area is 633 Å². The Bertz CT molecular complexity index is 2350. The van der Waals surface area contributed by atoms with Gasteiger partial charge in [-0.15, -0.1) is 0 Å². The van der Waals surface area contributed by atoms with E-state index in [1.807, 2.05) is 12.2 Å². The van der Waals surface area contributed by atoms with Crippen molar-refractivity contribution in [3.05, 3.63) is 97.2 Å². The van der Waals surface area contributed by atoms with Crippen molar-refractivity contribution >= 4 is 39.5 Å². The van der Waals surface area contributed by atoms with Crippen molar-refractivity contribution < 1.29 is 80.2 Å². The smallest absolute Gasteiger partial charge is 0.462 e. The molecule has 0 aromatic rings. The summed E-state index contributed by atoms with van der Waals surface area (Å²) in [6.45, 7) is 4.71. The van der Waals surface area contributed by atoms with E-state index >= 15 is 0 Å². The number of ether oxygens (including phenoxy) is 4. The van der Waals surface area contributed by atoms with Gasteiger partial charge in [0.1, 0.15) is 19.3 Å². The average Bonchev–Trinajstić information content (AvgIpc) is 0.918. The summed E-state index contributed by atoms with van der Waals surface area (Å²) in [6.07, 6.45) is 82.5. The molecule has 104 heavy (non-hydrogen) atoms. The first-order chi connectivity index (χ1) is 50.7. The highest BCUT2D eigenvalue weighted by atomic mass is 31.2. The fraction of sp³-hybridized carbons (Fsp3) is 0.765. The SMILES string of the molecule is CC/C=C\C/C=C\C/C=C\C/C=C\C/C=C\C/C=C\CCC(=O)OC[C@H](COP(=O)(O)OC[C@@H](O)COP(=O)(O)OC[C@@H](COC(=O)CCCCCCCCC/C=C\CCCCCC)OC(=O)CCCCCCC/C=C\CCCCCCCC)OC(=O)CCCCCCCCCCCCCCCCC. The number of aliphatic hydroxyl groups excluding tert-OH is 1. The first-order valence-electron chi connectivity index (χ1n) is 41.5. The first-order valence-corrected chi connectivity index (χ1v) is 44.5. The maximum absolute atomic E-state index is 13.1. The molecule has 5 atom stereocenters. The van der Waals surface area contributed by atoms with Crippen LogP contribution in [0.5, 0.6) is 0 Å². The summed E-state index contributed by atoms with van der Waals surface area (Å²) < 4.78 is 68.6. The Hall–Kier alpha value is -4.02. The highest BCUT2D eigenvalue weighted by Crippen LogP contribution is 2.45. The summed E-state index contributed by atoms with van der Waals surface area (Å²) in [5.41, 5.74) is 0. The van der Waals surface area contributed by atoms with E-state index in [-0.39, 0.29) is 25.7 Å². The summed E-state index contributed by atoms with van der Waals surface area (Å²) in [5, 5.41) is 10.7. The lowest BCUT2D eigenvalue weighted by molar-refractivity contribution is -0.161. The summed E-state index contributed by atoms with van der Waals surface area (Å²) in [6, 6.07) is 0. The predicted octanol–water partition coefficient (Wildman–Crippen LogP) is 24.3. The molecular formula is C85H150O17P2. The van der Waals surface area contributed by atoms with Crippen molar-refractivity contribution in [2.45, 2.75) is 380 Å². The molecule has 0 aliphatic heterocycles. The van der Waals surface area contributed by atoms with Crippen molar-refractivity contribution in [2.24, 2.45) is 0 Å². The molecule has 0 aliphatic carbocycles. The summed E-state index contributed by atoms with van der Waals surface area (Å²) in [4.78, 5) is 73.1. The van der Waals surface area contributed by atoms with Gasteiger partial charge in [0.05, 0.1) is 26.4 Å². The Morgan fingerprint density at radius 3 is 0.837 bits per heavy atom. The zero-order chi connectivity index (χ0) is 76.0. The second-order valence-electron chi connectivity index (χ2n) is 27.7. The fourth-order valence-electron chi connectivity index (χ4n) is 11.2. The molecule has 3 N–H and O–H groups in total. The molecule has 0 aromatic heterocycles. The topological polar surface area (TPSA) is 237 Å². The Morgan fingerprint density at radius 1 is 0.279 bits per heavy atom. The minimum Gasteiger partial charge on any atom is -0.462 e. The number of phosphoric ester groups is 2. The molecule has 0 spiro atoms. The molecule has 0 aromatic carbocycles. The number of carbonyl (C=O) groups is 4. The molecule has 0 fully saturated rings. The molecule has 19 heteroatoms. The second-order valence-corrected chi connectivity index (χ2v) is 30.6. The van der Waals surface area contributed by atoms with Gasteiger partial charge in [-0.1, -0.05) is 318 Å². The van der Waals surface area contributed by atoms with E-state index in [0.29, 0.717) is 32.1 Å². The highest BCUT2D eigenvalue weighted by molar-refractivity contribution is 7.47. The van der Waals surface area contributed by atoms with Crippen LogP contribution in [-0.4, -0.2) is 96.7 Å². The van der Waals surface area contributed by atoms with Crippen LogP contribution in [0.4, 0.5) is 0 Å². The van der Waals surface area contributed by atoms with Crippen LogP contribution in [0.1, 0.15) is 362 Å². The van der Waals surface area contributed by atoms with Crippen LogP contribution in [0.3, 0.4) is 0 Å². The molecular weight excluding hydrogens is 1350 g/mol. The van der Waals surface area contributed by atoms with Gasteiger partial charge >= 0.3 is 39.5 Å². The van der Waals surface area contributed by atoms with Crippen LogP contribution in [0, 0.1) is 0 Å². The van der Waals surface area contributed by atoms with Crippen LogP contribution in [-0.2, 0) is 65.4 Å². The Balaban J connectivity index is 5.41. The number of phosphoric acid groups is 2. The molecule has 0 saturated carbocycles. The second kappa shape index (κ2) is 77.1. The van der Waals surface area contributed by atoms with E-state index < -0.39 is 97.5 Å². The fourth-order valence-corrected chi connectivity index (χ4v) is 12.8. The van der Waals surface area contributed by atoms with Crippen molar-refractivity contribution in [3.8, 4) is 0 Å². The molecule has 0 rings (SSSR count). The molecule has 0 bridgehead atoms. The van der Waals surface area contributed by atoms with Gasteiger partial charge in [-0.25, -0.2) is 9.13 Å². The molecule has 0 amide bonds. The number of allylic oxidation sites excluding steroid dienone is 16. The standard InChI is InChI=1S/C85H150O17P2/c1-5-9-13-17-21-25-29-33-37-38-39-40-44-46-50-54-58-62-66-70-83(88)96-76-81(102-85(90)72-68-64-60-56-52-48-43-36-32-28-24-20-16-12-8-4)78-100-104(93,94)98-74-79(86)73-97-103(91,92)99-77-80(101-84(89)71-67-63-59-55-51-47-42-35-31-27-23-19-15-11-7-3)75-95-82(87)69-65-61-57-53-49-45-41-34-30-26-22-18-14-10-6-2/h9,13,21,25-26,30,33,35,37,39-40,42,46,50,58,62,79-81,86H,5-8,10-12,14-20,22-24,27-29,31-32,34,36,38,41,43-45,47-49,51-57,59-61,63-78H2,1-4H3,(H,91,92)(H,93,94)/b13-9-,25-21-,30-26-,37-33-,40-39-,42-35-,50-46-,62-58-/t79-,80+,81+/m0/s1. The molecule has 0 aliphatic rings. The molecule has 602 valence electrons. The maximum Gasteiger partial charge on any atom is 0.472 e. The van der Waals surface area contributed by atoms with Crippen molar-refractivity contribution in [1.29, 1.82) is 0 Å². The lowest BCUT2D eigenvalue weighted by atomic mass is 10.0. The van der Waals surface area contributed by atoms with Gasteiger partial charge in [0.15, 0.2) is 12.2 Å². The molecule has 2 unspecified atom stereocenters. The number of aliphatic hydroxyl groups is 1. The third-order valence-electron chi connectivity index (χ3n) is 17.5. The third kappa shape index (κ3) is 76.2. The van der Waals surface area contributed by atoms with Crippen molar-refractivity contribution in [2.75, 3.05) is 39.6 Å². The van der Waals surface area contributed by atoms with Crippen LogP contribution < -0.4 is 0 Å². The number of esters is 4. The Morgan fingerprint density at radius 2 is 0.519 bits per heavy atom. The van der Waals surface area contributed by atoms with Gasteiger partial charge in [-0.3, -0.25) is 37.3 Å². The Kier molecular flexibility index (Phi) is 74.2. The predicted molar refractivity (Wildman–Crippen MR) is 427 cm³/mol. The summed E-state index contributed by atoms with van der Waals surface area (Å²) >= 11 is 0.